The van der Waals surface area contributed by atoms with Gasteiger partial charge in [-0.05, 0) is 56.2 Å². The van der Waals surface area contributed by atoms with Crippen molar-refractivity contribution >= 4 is 39.7 Å². The zero-order valence-electron chi connectivity index (χ0n) is 17.6. The van der Waals surface area contributed by atoms with Gasteiger partial charge >= 0.3 is 6.09 Å². The van der Waals surface area contributed by atoms with Gasteiger partial charge in [0.1, 0.15) is 5.60 Å². The largest absolute Gasteiger partial charge is 0.444 e. The van der Waals surface area contributed by atoms with Crippen molar-refractivity contribution in [2.75, 3.05) is 11.5 Å². The summed E-state index contributed by atoms with van der Waals surface area (Å²) in [5.41, 5.74) is 19.3. The van der Waals surface area contributed by atoms with Crippen LogP contribution in [-0.2, 0) is 17.8 Å². The third kappa shape index (κ3) is 5.64. The Morgan fingerprint density at radius 1 is 0.968 bits per heavy atom. The molecule has 0 radical (unpaired) electrons. The molecule has 0 spiro atoms. The average molecular weight is 426 g/mol. The van der Waals surface area contributed by atoms with E-state index in [1.54, 1.807) is 6.07 Å². The van der Waals surface area contributed by atoms with E-state index < -0.39 is 11.7 Å². The summed E-state index contributed by atoms with van der Waals surface area (Å²) in [4.78, 5) is 11.5. The highest BCUT2D eigenvalue weighted by Crippen LogP contribution is 2.22. The van der Waals surface area contributed by atoms with E-state index in [4.69, 9.17) is 31.0 Å². The summed E-state index contributed by atoms with van der Waals surface area (Å²) in [6.45, 7) is 6.30. The molecule has 0 aliphatic rings. The Morgan fingerprint density at radius 3 is 2.00 bits per heavy atom. The van der Waals surface area contributed by atoms with Crippen molar-refractivity contribution in [3.05, 3.63) is 47.5 Å². The molecule has 0 aliphatic carbocycles. The molecule has 0 aliphatic heterocycles. The number of amides is 1. The number of nitrogen functional groups attached to an aromatic ring is 2. The van der Waals surface area contributed by atoms with Gasteiger partial charge in [0.25, 0.3) is 0 Å². The van der Waals surface area contributed by atoms with E-state index in [1.165, 1.54) is 0 Å². The molecule has 4 aromatic rings. The lowest BCUT2D eigenvalue weighted by Crippen LogP contribution is -2.32. The van der Waals surface area contributed by atoms with Crippen LogP contribution in [0.2, 0.25) is 0 Å². The second-order valence-corrected chi connectivity index (χ2v) is 7.86. The summed E-state index contributed by atoms with van der Waals surface area (Å²) in [6.07, 6.45) is -0.454. The Labute approximate surface area is 178 Å². The number of benzene rings is 2. The zero-order chi connectivity index (χ0) is 22.6. The fraction of sp³-hybridized carbons (Fsp3) is 0.286. The van der Waals surface area contributed by atoms with Gasteiger partial charge in [-0.25, -0.2) is 4.79 Å². The fourth-order valence-electron chi connectivity index (χ4n) is 2.73. The van der Waals surface area contributed by atoms with E-state index in [-0.39, 0.29) is 0 Å². The lowest BCUT2D eigenvalue weighted by Gasteiger charge is -2.19. The molecule has 0 atom stereocenters. The maximum absolute atomic E-state index is 11.5. The van der Waals surface area contributed by atoms with Gasteiger partial charge in [0.2, 0.25) is 0 Å². The first-order valence-corrected chi connectivity index (χ1v) is 9.61. The van der Waals surface area contributed by atoms with E-state index >= 15 is 0 Å². The molecule has 10 nitrogen and oxygen atoms in total. The smallest absolute Gasteiger partial charge is 0.407 e. The number of nitrogens with zero attached hydrogens (tertiary/aromatic N) is 2. The average Bonchev–Trinajstić information content (AvgIpc) is 3.28. The number of carbonyl (C=O) groups excluding carboxylic acids is 1. The van der Waals surface area contributed by atoms with E-state index in [0.717, 1.165) is 21.9 Å². The van der Waals surface area contributed by atoms with Gasteiger partial charge in [0.05, 0.1) is 10.8 Å². The van der Waals surface area contributed by atoms with Crippen LogP contribution in [0.1, 0.15) is 31.9 Å². The molecule has 2 aromatic carbocycles. The Hall–Kier alpha value is -3.79. The second kappa shape index (κ2) is 8.92. The van der Waals surface area contributed by atoms with Crippen LogP contribution in [0.4, 0.5) is 16.4 Å². The highest BCUT2D eigenvalue weighted by atomic mass is 16.6. The predicted octanol–water partition coefficient (Wildman–Crippen LogP) is 3.30. The van der Waals surface area contributed by atoms with E-state index in [1.807, 2.05) is 51.1 Å². The lowest BCUT2D eigenvalue weighted by molar-refractivity contribution is 0.0523. The number of nitrogens with one attached hydrogen (secondary N) is 1. The molecule has 0 unspecified atom stereocenters. The Morgan fingerprint density at radius 2 is 1.48 bits per heavy atom. The Bertz CT molecular complexity index is 1190. The van der Waals surface area contributed by atoms with Crippen LogP contribution < -0.4 is 22.5 Å². The quantitative estimate of drug-likeness (QED) is 0.384. The minimum Gasteiger partial charge on any atom is -0.444 e. The number of alkyl carbamates (subject to hydrolysis) is 1. The molecule has 0 saturated carbocycles. The fourth-order valence-corrected chi connectivity index (χ4v) is 2.73. The first-order chi connectivity index (χ1) is 14.7. The van der Waals surface area contributed by atoms with Crippen molar-refractivity contribution in [3.63, 3.8) is 0 Å². The van der Waals surface area contributed by atoms with Crippen LogP contribution >= 0.6 is 0 Å². The molecule has 4 rings (SSSR count). The number of carbonyl (C=O) groups is 1. The van der Waals surface area contributed by atoms with Crippen LogP contribution in [0, 0.1) is 0 Å². The number of hydrogen-bond donors (Lipinski definition) is 4. The summed E-state index contributed by atoms with van der Waals surface area (Å²) in [5.74, 6) is 0.787. The second-order valence-electron chi connectivity index (χ2n) is 7.86. The third-order valence-electron chi connectivity index (χ3n) is 4.20. The maximum Gasteiger partial charge on any atom is 0.407 e. The minimum atomic E-state index is -0.507. The van der Waals surface area contributed by atoms with E-state index in [2.05, 4.69) is 15.6 Å². The van der Waals surface area contributed by atoms with Crippen molar-refractivity contribution in [2.45, 2.75) is 39.5 Å². The number of hydrogen-bond acceptors (Lipinski definition) is 9. The van der Waals surface area contributed by atoms with Crippen molar-refractivity contribution in [2.24, 2.45) is 5.73 Å². The SMILES string of the molecule is CC(C)(C)OC(=O)NCc1ccc2c(N)noc2c1.NCc1ccc2c(N)noc2c1. The van der Waals surface area contributed by atoms with Crippen LogP contribution in [0.5, 0.6) is 0 Å². The third-order valence-corrected chi connectivity index (χ3v) is 4.20. The minimum absolute atomic E-state index is 0.353. The number of nitrogens with two attached hydrogens (primary N) is 3. The summed E-state index contributed by atoms with van der Waals surface area (Å²) < 4.78 is 15.2. The molecule has 31 heavy (non-hydrogen) atoms. The maximum atomic E-state index is 11.5. The van der Waals surface area contributed by atoms with Gasteiger partial charge in [-0.1, -0.05) is 22.4 Å². The summed E-state index contributed by atoms with van der Waals surface area (Å²) in [7, 11) is 0. The van der Waals surface area contributed by atoms with Crippen LogP contribution in [0.15, 0.2) is 45.4 Å². The van der Waals surface area contributed by atoms with Gasteiger partial charge in [-0.15, -0.1) is 0 Å². The molecule has 0 fully saturated rings. The predicted molar refractivity (Wildman–Crippen MR) is 118 cm³/mol. The number of aromatic nitrogens is 2. The highest BCUT2D eigenvalue weighted by Gasteiger charge is 2.16. The number of rotatable bonds is 3. The highest BCUT2D eigenvalue weighted by molar-refractivity contribution is 5.87. The number of anilines is 2. The molecular formula is C21H26N6O4. The van der Waals surface area contributed by atoms with Crippen molar-refractivity contribution in [3.8, 4) is 0 Å². The van der Waals surface area contributed by atoms with Crippen molar-refractivity contribution in [1.82, 2.24) is 15.6 Å². The van der Waals surface area contributed by atoms with Crippen LogP contribution in [0.25, 0.3) is 21.9 Å². The molecule has 2 heterocycles. The van der Waals surface area contributed by atoms with Crippen LogP contribution in [0.3, 0.4) is 0 Å². The van der Waals surface area contributed by atoms with Crippen molar-refractivity contribution < 1.29 is 18.6 Å². The van der Waals surface area contributed by atoms with Gasteiger partial charge in [0, 0.05) is 13.1 Å². The molecular weight excluding hydrogens is 400 g/mol. The summed E-state index contributed by atoms with van der Waals surface area (Å²) in [6, 6.07) is 11.1. The summed E-state index contributed by atoms with van der Waals surface area (Å²) in [5, 5.41) is 11.6. The molecule has 2 aromatic heterocycles. The Balaban J connectivity index is 0.000000194. The standard InChI is InChI=1S/C13H17N3O3.C8H9N3O/c1-13(2,3)18-12(17)15-7-8-4-5-9-10(6-8)19-16-11(9)14;9-4-5-1-2-6-7(3-5)12-11-8(6)10/h4-6H,7H2,1-3H3,(H2,14,16)(H,15,17);1-3H,4,9H2,(H2,10,11). The van der Waals surface area contributed by atoms with Crippen LogP contribution in [-0.4, -0.2) is 22.0 Å². The van der Waals surface area contributed by atoms with E-state index in [0.29, 0.717) is 35.9 Å². The summed E-state index contributed by atoms with van der Waals surface area (Å²) >= 11 is 0. The lowest BCUT2D eigenvalue weighted by atomic mass is 10.1. The molecule has 7 N–H and O–H groups in total. The zero-order valence-corrected chi connectivity index (χ0v) is 17.6. The van der Waals surface area contributed by atoms with Gasteiger partial charge in [-0.3, -0.25) is 0 Å². The Kier molecular flexibility index (Phi) is 6.30. The molecule has 1 amide bonds. The number of ether oxygens (including phenoxy) is 1. The van der Waals surface area contributed by atoms with Gasteiger partial charge in [0.15, 0.2) is 22.8 Å². The molecule has 0 saturated heterocycles. The van der Waals surface area contributed by atoms with Crippen molar-refractivity contribution in [1.29, 1.82) is 0 Å². The molecule has 164 valence electrons. The molecule has 10 heteroatoms. The normalized spacial score (nSPS) is 11.2. The number of fused-ring (bicyclic) bond motifs is 2. The van der Waals surface area contributed by atoms with Gasteiger partial charge in [-0.2, -0.15) is 0 Å². The van der Waals surface area contributed by atoms with Gasteiger partial charge < -0.3 is 36.3 Å². The first-order valence-electron chi connectivity index (χ1n) is 9.61. The monoisotopic (exact) mass is 426 g/mol. The van der Waals surface area contributed by atoms with E-state index in [9.17, 15) is 4.79 Å². The molecule has 0 bridgehead atoms. The topological polar surface area (TPSA) is 168 Å². The first kappa shape index (κ1) is 21.9.